The van der Waals surface area contributed by atoms with Crippen LogP contribution >= 0.6 is 0 Å². The molecule has 6 heteroatoms. The number of phenols is 2. The lowest BCUT2D eigenvalue weighted by molar-refractivity contribution is 0.423. The molecule has 106 valence electrons. The van der Waals surface area contributed by atoms with Gasteiger partial charge in [-0.05, 0) is 43.2 Å². The third-order valence-corrected chi connectivity index (χ3v) is 3.06. The van der Waals surface area contributed by atoms with Crippen molar-refractivity contribution in [2.45, 2.75) is 13.8 Å². The van der Waals surface area contributed by atoms with E-state index in [1.54, 1.807) is 6.20 Å². The van der Waals surface area contributed by atoms with E-state index in [1.165, 1.54) is 18.2 Å². The molecule has 0 saturated heterocycles. The van der Waals surface area contributed by atoms with Crippen molar-refractivity contribution in [1.29, 1.82) is 0 Å². The number of hydrogen-bond donors (Lipinski definition) is 2. The molecule has 0 bridgehead atoms. The summed E-state index contributed by atoms with van der Waals surface area (Å²) < 4.78 is 5.15. The van der Waals surface area contributed by atoms with Gasteiger partial charge in [-0.15, -0.1) is 0 Å². The van der Waals surface area contributed by atoms with Crippen molar-refractivity contribution < 1.29 is 14.7 Å². The Balaban J connectivity index is 2.06. The molecule has 0 spiro atoms. The van der Waals surface area contributed by atoms with Crippen molar-refractivity contribution in [3.05, 3.63) is 41.6 Å². The molecule has 0 amide bonds. The van der Waals surface area contributed by atoms with Gasteiger partial charge in [-0.2, -0.15) is 4.98 Å². The quantitative estimate of drug-likeness (QED) is 0.702. The summed E-state index contributed by atoms with van der Waals surface area (Å²) in [5, 5.41) is 23.2. The average molecular weight is 283 g/mol. The van der Waals surface area contributed by atoms with Gasteiger partial charge in [0.2, 0.25) is 5.82 Å². The van der Waals surface area contributed by atoms with Gasteiger partial charge in [0, 0.05) is 6.20 Å². The number of aryl methyl sites for hydroxylation is 2. The van der Waals surface area contributed by atoms with Crippen LogP contribution in [0.25, 0.3) is 23.0 Å². The highest BCUT2D eigenvalue weighted by Gasteiger charge is 2.16. The largest absolute Gasteiger partial charge is 0.508 e. The van der Waals surface area contributed by atoms with E-state index in [-0.39, 0.29) is 23.0 Å². The number of hydrogen-bond acceptors (Lipinski definition) is 6. The SMILES string of the molecule is Cc1cnc(-c2noc(-c3cc(O)ccc3O)n2)c(C)c1. The Hall–Kier alpha value is -2.89. The fourth-order valence-corrected chi connectivity index (χ4v) is 2.07. The number of aromatic nitrogens is 3. The van der Waals surface area contributed by atoms with E-state index in [4.69, 9.17) is 4.52 Å². The summed E-state index contributed by atoms with van der Waals surface area (Å²) in [6.07, 6.45) is 1.73. The van der Waals surface area contributed by atoms with Gasteiger partial charge in [0.25, 0.3) is 5.89 Å². The number of rotatable bonds is 2. The van der Waals surface area contributed by atoms with E-state index < -0.39 is 0 Å². The highest BCUT2D eigenvalue weighted by Crippen LogP contribution is 2.32. The second kappa shape index (κ2) is 4.90. The Morgan fingerprint density at radius 1 is 1.10 bits per heavy atom. The molecule has 1 aromatic carbocycles. The van der Waals surface area contributed by atoms with Gasteiger partial charge in [0.15, 0.2) is 0 Å². The lowest BCUT2D eigenvalue weighted by Crippen LogP contribution is -1.91. The first-order valence-electron chi connectivity index (χ1n) is 6.34. The van der Waals surface area contributed by atoms with Crippen LogP contribution in [-0.2, 0) is 0 Å². The molecule has 0 saturated carbocycles. The molecule has 2 heterocycles. The van der Waals surface area contributed by atoms with Crippen molar-refractivity contribution in [1.82, 2.24) is 15.1 Å². The molecule has 0 fully saturated rings. The molecule has 3 rings (SSSR count). The molecule has 0 aliphatic heterocycles. The fraction of sp³-hybridized carbons (Fsp3) is 0.133. The summed E-state index contributed by atoms with van der Waals surface area (Å²) in [5.41, 5.74) is 2.88. The minimum atomic E-state index is -0.0448. The first-order valence-corrected chi connectivity index (χ1v) is 6.34. The zero-order chi connectivity index (χ0) is 15.0. The highest BCUT2D eigenvalue weighted by atomic mass is 16.5. The predicted octanol–water partition coefficient (Wildman–Crippen LogP) is 2.83. The third-order valence-electron chi connectivity index (χ3n) is 3.06. The van der Waals surface area contributed by atoms with Crippen LogP contribution in [0.2, 0.25) is 0 Å². The predicted molar refractivity (Wildman–Crippen MR) is 75.8 cm³/mol. The van der Waals surface area contributed by atoms with Gasteiger partial charge < -0.3 is 14.7 Å². The molecule has 0 radical (unpaired) electrons. The summed E-state index contributed by atoms with van der Waals surface area (Å²) in [7, 11) is 0. The summed E-state index contributed by atoms with van der Waals surface area (Å²) in [5.74, 6) is 0.425. The molecular weight excluding hydrogens is 270 g/mol. The number of nitrogens with zero attached hydrogens (tertiary/aromatic N) is 3. The summed E-state index contributed by atoms with van der Waals surface area (Å²) in [6, 6.07) is 6.08. The van der Waals surface area contributed by atoms with Gasteiger partial charge in [-0.25, -0.2) is 0 Å². The van der Waals surface area contributed by atoms with E-state index in [0.29, 0.717) is 11.5 Å². The van der Waals surface area contributed by atoms with Crippen LogP contribution in [0.15, 0.2) is 35.0 Å². The lowest BCUT2D eigenvalue weighted by Gasteiger charge is -2.01. The number of phenolic OH excluding ortho intramolecular Hbond substituents is 2. The van der Waals surface area contributed by atoms with Crippen LogP contribution in [0.5, 0.6) is 11.5 Å². The maximum absolute atomic E-state index is 9.80. The Kier molecular flexibility index (Phi) is 3.06. The van der Waals surface area contributed by atoms with Crippen molar-refractivity contribution in [3.63, 3.8) is 0 Å². The zero-order valence-electron chi connectivity index (χ0n) is 11.5. The lowest BCUT2D eigenvalue weighted by atomic mass is 10.1. The van der Waals surface area contributed by atoms with Crippen LogP contribution in [0.1, 0.15) is 11.1 Å². The van der Waals surface area contributed by atoms with Crippen LogP contribution in [-0.4, -0.2) is 25.3 Å². The van der Waals surface area contributed by atoms with Crippen molar-refractivity contribution in [2.75, 3.05) is 0 Å². The topological polar surface area (TPSA) is 92.3 Å². The Morgan fingerprint density at radius 3 is 2.67 bits per heavy atom. The van der Waals surface area contributed by atoms with Gasteiger partial charge in [0.05, 0.1) is 5.56 Å². The number of pyridine rings is 1. The number of benzene rings is 1. The molecular formula is C15H13N3O3. The van der Waals surface area contributed by atoms with Crippen molar-refractivity contribution in [3.8, 4) is 34.5 Å². The van der Waals surface area contributed by atoms with E-state index in [2.05, 4.69) is 15.1 Å². The van der Waals surface area contributed by atoms with E-state index in [1.807, 2.05) is 19.9 Å². The van der Waals surface area contributed by atoms with Crippen LogP contribution in [0.3, 0.4) is 0 Å². The van der Waals surface area contributed by atoms with Crippen LogP contribution < -0.4 is 0 Å². The molecule has 0 aliphatic rings. The first kappa shape index (κ1) is 13.1. The van der Waals surface area contributed by atoms with Crippen LogP contribution in [0, 0.1) is 13.8 Å². The van der Waals surface area contributed by atoms with Gasteiger partial charge in [0.1, 0.15) is 17.2 Å². The molecule has 3 aromatic rings. The maximum atomic E-state index is 9.80. The molecule has 0 atom stereocenters. The van der Waals surface area contributed by atoms with E-state index in [0.717, 1.165) is 11.1 Å². The fourth-order valence-electron chi connectivity index (χ4n) is 2.07. The Bertz CT molecular complexity index is 812. The minimum absolute atomic E-state index is 0.00666. The van der Waals surface area contributed by atoms with E-state index >= 15 is 0 Å². The second-order valence-corrected chi connectivity index (χ2v) is 4.80. The smallest absolute Gasteiger partial charge is 0.262 e. The maximum Gasteiger partial charge on any atom is 0.262 e. The van der Waals surface area contributed by atoms with Crippen molar-refractivity contribution in [2.24, 2.45) is 0 Å². The molecule has 2 N–H and O–H groups in total. The van der Waals surface area contributed by atoms with Gasteiger partial charge >= 0.3 is 0 Å². The molecule has 6 nitrogen and oxygen atoms in total. The minimum Gasteiger partial charge on any atom is -0.508 e. The zero-order valence-corrected chi connectivity index (χ0v) is 11.5. The molecule has 21 heavy (non-hydrogen) atoms. The van der Waals surface area contributed by atoms with Gasteiger partial charge in [-0.1, -0.05) is 11.2 Å². The molecule has 0 aliphatic carbocycles. The summed E-state index contributed by atoms with van der Waals surface area (Å²) in [6.45, 7) is 3.87. The molecule has 0 unspecified atom stereocenters. The third kappa shape index (κ3) is 2.43. The van der Waals surface area contributed by atoms with Crippen molar-refractivity contribution >= 4 is 0 Å². The highest BCUT2D eigenvalue weighted by molar-refractivity contribution is 5.66. The molecule has 2 aromatic heterocycles. The monoisotopic (exact) mass is 283 g/mol. The van der Waals surface area contributed by atoms with Crippen LogP contribution in [0.4, 0.5) is 0 Å². The normalized spacial score (nSPS) is 10.8. The Morgan fingerprint density at radius 2 is 1.90 bits per heavy atom. The van der Waals surface area contributed by atoms with Gasteiger partial charge in [-0.3, -0.25) is 4.98 Å². The Labute approximate surface area is 120 Å². The summed E-state index contributed by atoms with van der Waals surface area (Å²) >= 11 is 0. The standard InChI is InChI=1S/C15H13N3O3/c1-8-5-9(2)13(16-7-8)14-17-15(21-18-14)11-6-10(19)3-4-12(11)20/h3-7,19-20H,1-2H3. The van der Waals surface area contributed by atoms with E-state index in [9.17, 15) is 10.2 Å². The number of aromatic hydroxyl groups is 2. The summed E-state index contributed by atoms with van der Waals surface area (Å²) in [4.78, 5) is 8.53. The first-order chi connectivity index (χ1) is 10.0. The second-order valence-electron chi connectivity index (χ2n) is 4.80. The average Bonchev–Trinajstić information content (AvgIpc) is 2.91.